The van der Waals surface area contributed by atoms with Crippen LogP contribution in [0, 0.1) is 5.82 Å². The summed E-state index contributed by atoms with van der Waals surface area (Å²) in [7, 11) is 0. The fourth-order valence-electron chi connectivity index (χ4n) is 1.58. The van der Waals surface area contributed by atoms with E-state index in [0.29, 0.717) is 5.82 Å². The van der Waals surface area contributed by atoms with Crippen molar-refractivity contribution < 1.29 is 9.18 Å². The van der Waals surface area contributed by atoms with Crippen molar-refractivity contribution in [3.8, 4) is 0 Å². The monoisotopic (exact) mass is 308 g/mol. The molecule has 1 amide bonds. The fourth-order valence-corrected chi connectivity index (χ4v) is 1.74. The Morgan fingerprint density at radius 3 is 2.71 bits per heavy atom. The summed E-state index contributed by atoms with van der Waals surface area (Å²) in [6.45, 7) is 2.80. The number of hydrogen-bond donors (Lipinski definition) is 2. The highest BCUT2D eigenvalue weighted by molar-refractivity contribution is 6.30. The smallest absolute Gasteiger partial charge is 0.276 e. The van der Waals surface area contributed by atoms with E-state index in [1.54, 1.807) is 6.07 Å². The second kappa shape index (κ2) is 6.99. The number of aromatic nitrogens is 2. The summed E-state index contributed by atoms with van der Waals surface area (Å²) in [5, 5.41) is 13.4. The van der Waals surface area contributed by atoms with Crippen LogP contribution in [0.25, 0.3) is 0 Å². The van der Waals surface area contributed by atoms with E-state index in [0.717, 1.165) is 19.0 Å². The van der Waals surface area contributed by atoms with Gasteiger partial charge in [-0.15, -0.1) is 10.2 Å². The zero-order chi connectivity index (χ0) is 15.2. The number of nitrogens with one attached hydrogen (secondary N) is 2. The average molecular weight is 309 g/mol. The summed E-state index contributed by atoms with van der Waals surface area (Å²) in [6.07, 6.45) is 0.958. The molecule has 110 valence electrons. The highest BCUT2D eigenvalue weighted by atomic mass is 35.5. The molecule has 0 aliphatic heterocycles. The number of carbonyl (C=O) groups excluding carboxylic acids is 1. The molecule has 1 heterocycles. The number of rotatable bonds is 5. The molecule has 2 N–H and O–H groups in total. The molecule has 0 aliphatic rings. The van der Waals surface area contributed by atoms with Gasteiger partial charge in [0.25, 0.3) is 5.91 Å². The van der Waals surface area contributed by atoms with Crippen LogP contribution in [0.2, 0.25) is 5.02 Å². The number of anilines is 2. The maximum Gasteiger partial charge on any atom is 0.276 e. The maximum atomic E-state index is 13.6. The molecule has 0 saturated carbocycles. The van der Waals surface area contributed by atoms with Crippen LogP contribution in [0.4, 0.5) is 15.9 Å². The number of carbonyl (C=O) groups is 1. The van der Waals surface area contributed by atoms with E-state index in [4.69, 9.17) is 11.6 Å². The summed E-state index contributed by atoms with van der Waals surface area (Å²) >= 11 is 5.65. The van der Waals surface area contributed by atoms with Gasteiger partial charge >= 0.3 is 0 Å². The number of hydrogen-bond acceptors (Lipinski definition) is 4. The van der Waals surface area contributed by atoms with Gasteiger partial charge in [-0.3, -0.25) is 4.79 Å². The van der Waals surface area contributed by atoms with Gasteiger partial charge in [0.15, 0.2) is 5.69 Å². The van der Waals surface area contributed by atoms with Gasteiger partial charge < -0.3 is 10.6 Å². The minimum Gasteiger partial charge on any atom is -0.369 e. The van der Waals surface area contributed by atoms with Gasteiger partial charge in [-0.25, -0.2) is 4.39 Å². The lowest BCUT2D eigenvalue weighted by Crippen LogP contribution is -2.15. The fraction of sp³-hybridized carbons (Fsp3) is 0.214. The summed E-state index contributed by atoms with van der Waals surface area (Å²) in [5.41, 5.74) is 0.144. The predicted octanol–water partition coefficient (Wildman–Crippen LogP) is 3.34. The van der Waals surface area contributed by atoms with Gasteiger partial charge in [-0.1, -0.05) is 18.5 Å². The molecule has 0 unspecified atom stereocenters. The average Bonchev–Trinajstić information content (AvgIpc) is 2.48. The first-order valence-corrected chi connectivity index (χ1v) is 6.82. The minimum atomic E-state index is -0.606. The Hall–Kier alpha value is -2.21. The molecule has 1 aromatic carbocycles. The third-order valence-corrected chi connectivity index (χ3v) is 2.87. The Kier molecular flexibility index (Phi) is 5.05. The zero-order valence-corrected chi connectivity index (χ0v) is 12.1. The third-order valence-electron chi connectivity index (χ3n) is 2.63. The highest BCUT2D eigenvalue weighted by Gasteiger charge is 2.11. The lowest BCUT2D eigenvalue weighted by atomic mass is 10.3. The topological polar surface area (TPSA) is 66.9 Å². The molecule has 0 fully saturated rings. The summed E-state index contributed by atoms with van der Waals surface area (Å²) in [5.74, 6) is -0.554. The molecule has 0 bridgehead atoms. The molecular formula is C14H14ClFN4O. The van der Waals surface area contributed by atoms with E-state index in [9.17, 15) is 9.18 Å². The second-order valence-electron chi connectivity index (χ2n) is 4.31. The first-order valence-electron chi connectivity index (χ1n) is 6.44. The van der Waals surface area contributed by atoms with E-state index < -0.39 is 11.7 Å². The number of halogens is 2. The largest absolute Gasteiger partial charge is 0.369 e. The molecule has 7 heteroatoms. The van der Waals surface area contributed by atoms with Gasteiger partial charge in [-0.05, 0) is 36.8 Å². The molecular weight excluding hydrogens is 295 g/mol. The lowest BCUT2D eigenvalue weighted by molar-refractivity contribution is 0.102. The zero-order valence-electron chi connectivity index (χ0n) is 11.4. The molecule has 2 rings (SSSR count). The molecule has 5 nitrogen and oxygen atoms in total. The van der Waals surface area contributed by atoms with Crippen molar-refractivity contribution in [1.82, 2.24) is 10.2 Å². The molecule has 0 aliphatic carbocycles. The second-order valence-corrected chi connectivity index (χ2v) is 4.75. The van der Waals surface area contributed by atoms with Crippen LogP contribution in [0.3, 0.4) is 0 Å². The quantitative estimate of drug-likeness (QED) is 0.889. The van der Waals surface area contributed by atoms with Crippen molar-refractivity contribution in [2.75, 3.05) is 17.2 Å². The molecule has 2 aromatic rings. The predicted molar refractivity (Wildman–Crippen MR) is 80.2 cm³/mol. The van der Waals surface area contributed by atoms with Crippen molar-refractivity contribution in [2.45, 2.75) is 13.3 Å². The Morgan fingerprint density at radius 2 is 2.10 bits per heavy atom. The van der Waals surface area contributed by atoms with E-state index in [1.807, 2.05) is 6.92 Å². The van der Waals surface area contributed by atoms with E-state index in [-0.39, 0.29) is 16.4 Å². The Labute approximate surface area is 126 Å². The van der Waals surface area contributed by atoms with Crippen molar-refractivity contribution >= 4 is 29.0 Å². The van der Waals surface area contributed by atoms with Crippen LogP contribution < -0.4 is 10.6 Å². The van der Waals surface area contributed by atoms with Gasteiger partial charge in [0.05, 0.1) is 5.69 Å². The first-order chi connectivity index (χ1) is 10.1. The Morgan fingerprint density at radius 1 is 1.29 bits per heavy atom. The van der Waals surface area contributed by atoms with Crippen LogP contribution in [0.1, 0.15) is 23.8 Å². The first kappa shape index (κ1) is 15.2. The SMILES string of the molecule is CCCNc1ccc(C(=O)Nc2ccc(Cl)cc2F)nn1. The van der Waals surface area contributed by atoms with E-state index in [1.165, 1.54) is 18.2 Å². The van der Waals surface area contributed by atoms with Crippen LogP contribution in [-0.4, -0.2) is 22.6 Å². The van der Waals surface area contributed by atoms with Crippen LogP contribution in [-0.2, 0) is 0 Å². The molecule has 21 heavy (non-hydrogen) atoms. The van der Waals surface area contributed by atoms with Crippen LogP contribution in [0.15, 0.2) is 30.3 Å². The number of amides is 1. The summed E-state index contributed by atoms with van der Waals surface area (Å²) in [4.78, 5) is 11.9. The third kappa shape index (κ3) is 4.13. The van der Waals surface area contributed by atoms with E-state index >= 15 is 0 Å². The lowest BCUT2D eigenvalue weighted by Gasteiger charge is -2.07. The minimum absolute atomic E-state index is 0.0411. The summed E-state index contributed by atoms with van der Waals surface area (Å²) < 4.78 is 13.6. The van der Waals surface area contributed by atoms with Crippen molar-refractivity contribution in [3.05, 3.63) is 46.9 Å². The molecule has 1 aromatic heterocycles. The standard InChI is InChI=1S/C14H14ClFN4O/c1-2-7-17-13-6-5-12(19-20-13)14(21)18-11-4-3-9(15)8-10(11)16/h3-6,8H,2,7H2,1H3,(H,17,20)(H,18,21). The maximum absolute atomic E-state index is 13.6. The highest BCUT2D eigenvalue weighted by Crippen LogP contribution is 2.19. The van der Waals surface area contributed by atoms with Crippen molar-refractivity contribution in [1.29, 1.82) is 0 Å². The van der Waals surface area contributed by atoms with Crippen LogP contribution >= 0.6 is 11.6 Å². The summed E-state index contributed by atoms with van der Waals surface area (Å²) in [6, 6.07) is 7.18. The van der Waals surface area contributed by atoms with Gasteiger partial charge in [0.2, 0.25) is 0 Å². The van der Waals surface area contributed by atoms with Gasteiger partial charge in [-0.2, -0.15) is 0 Å². The molecule has 0 saturated heterocycles. The Balaban J connectivity index is 2.06. The molecule has 0 spiro atoms. The van der Waals surface area contributed by atoms with Crippen LogP contribution in [0.5, 0.6) is 0 Å². The molecule has 0 atom stereocenters. The van der Waals surface area contributed by atoms with Gasteiger partial charge in [0, 0.05) is 11.6 Å². The van der Waals surface area contributed by atoms with Crippen molar-refractivity contribution in [2.24, 2.45) is 0 Å². The number of benzene rings is 1. The van der Waals surface area contributed by atoms with E-state index in [2.05, 4.69) is 20.8 Å². The van der Waals surface area contributed by atoms with Gasteiger partial charge in [0.1, 0.15) is 11.6 Å². The normalized spacial score (nSPS) is 10.2. The number of nitrogens with zero attached hydrogens (tertiary/aromatic N) is 2. The van der Waals surface area contributed by atoms with Crippen molar-refractivity contribution in [3.63, 3.8) is 0 Å². The molecule has 0 radical (unpaired) electrons. The Bertz CT molecular complexity index is 633.